The van der Waals surface area contributed by atoms with E-state index in [9.17, 15) is 8.42 Å². The molecular weight excluding hydrogens is 293 g/mol. The zero-order chi connectivity index (χ0) is 13.3. The summed E-state index contributed by atoms with van der Waals surface area (Å²) in [7, 11) is -3.06. The minimum absolute atomic E-state index is 0.103. The molecule has 0 bridgehead atoms. The fraction of sp³-hybridized carbons (Fsp3) is 0.500. The van der Waals surface area contributed by atoms with E-state index in [2.05, 4.69) is 5.32 Å². The fourth-order valence-electron chi connectivity index (χ4n) is 2.04. The molecule has 0 spiro atoms. The first-order valence-electron chi connectivity index (χ1n) is 5.80. The molecule has 0 aliphatic carbocycles. The van der Waals surface area contributed by atoms with E-state index in [0.717, 1.165) is 5.56 Å². The summed E-state index contributed by atoms with van der Waals surface area (Å²) >= 11 is 11.8. The molecular formula is C12H15Cl2NO2S. The topological polar surface area (TPSA) is 46.2 Å². The molecule has 0 saturated carbocycles. The second-order valence-electron chi connectivity index (χ2n) is 4.61. The largest absolute Gasteiger partial charge is 0.309 e. The number of halogens is 2. The Bertz CT molecular complexity index is 545. The molecule has 1 fully saturated rings. The van der Waals surface area contributed by atoms with E-state index in [0.29, 0.717) is 23.0 Å². The lowest BCUT2D eigenvalue weighted by Gasteiger charge is -2.16. The second-order valence-corrected chi connectivity index (χ2v) is 7.89. The minimum Gasteiger partial charge on any atom is -0.309 e. The zero-order valence-electron chi connectivity index (χ0n) is 9.99. The van der Waals surface area contributed by atoms with Crippen LogP contribution in [0.2, 0.25) is 10.0 Å². The molecule has 1 heterocycles. The molecule has 1 aliphatic rings. The smallest absolute Gasteiger partial charge is 0.154 e. The number of hydrogen-bond donors (Lipinski definition) is 1. The third-order valence-electron chi connectivity index (χ3n) is 3.30. The Kier molecular flexibility index (Phi) is 4.22. The van der Waals surface area contributed by atoms with Gasteiger partial charge in [-0.05, 0) is 37.6 Å². The van der Waals surface area contributed by atoms with Crippen LogP contribution in [0, 0.1) is 0 Å². The number of benzene rings is 1. The molecule has 6 heteroatoms. The third kappa shape index (κ3) is 2.99. The van der Waals surface area contributed by atoms with Gasteiger partial charge in [-0.3, -0.25) is 0 Å². The van der Waals surface area contributed by atoms with Gasteiger partial charge in [0.05, 0.1) is 21.0 Å². The van der Waals surface area contributed by atoms with E-state index in [1.807, 2.05) is 6.07 Å². The molecule has 18 heavy (non-hydrogen) atoms. The van der Waals surface area contributed by atoms with Crippen molar-refractivity contribution in [2.75, 3.05) is 12.3 Å². The first kappa shape index (κ1) is 14.1. The van der Waals surface area contributed by atoms with E-state index in [1.54, 1.807) is 19.1 Å². The summed E-state index contributed by atoms with van der Waals surface area (Å²) in [4.78, 5) is 0. The standard InChI is InChI=1S/C12H15Cl2NO2S/c1-8-4-5-15-12(7-18(8,16)17)9-2-3-10(13)11(14)6-9/h2-3,6,8,12,15H,4-5,7H2,1H3. The van der Waals surface area contributed by atoms with E-state index in [4.69, 9.17) is 23.2 Å². The molecule has 2 rings (SSSR count). The van der Waals surface area contributed by atoms with Crippen LogP contribution in [0.3, 0.4) is 0 Å². The molecule has 0 amide bonds. The third-order valence-corrected chi connectivity index (χ3v) is 6.30. The molecule has 3 nitrogen and oxygen atoms in total. The van der Waals surface area contributed by atoms with Gasteiger partial charge in [-0.15, -0.1) is 0 Å². The summed E-state index contributed by atoms with van der Waals surface area (Å²) in [6.07, 6.45) is 0.639. The number of nitrogens with one attached hydrogen (secondary N) is 1. The van der Waals surface area contributed by atoms with Crippen LogP contribution in [0.4, 0.5) is 0 Å². The van der Waals surface area contributed by atoms with Crippen LogP contribution in [0.25, 0.3) is 0 Å². The van der Waals surface area contributed by atoms with Crippen molar-refractivity contribution in [1.29, 1.82) is 0 Å². The molecule has 1 saturated heterocycles. The number of hydrogen-bond acceptors (Lipinski definition) is 3. The summed E-state index contributed by atoms with van der Waals surface area (Å²) < 4.78 is 24.1. The Morgan fingerprint density at radius 3 is 2.67 bits per heavy atom. The van der Waals surface area contributed by atoms with Gasteiger partial charge in [-0.1, -0.05) is 29.3 Å². The van der Waals surface area contributed by atoms with Gasteiger partial charge in [-0.2, -0.15) is 0 Å². The van der Waals surface area contributed by atoms with Crippen molar-refractivity contribution in [3.05, 3.63) is 33.8 Å². The molecule has 1 aromatic carbocycles. The summed E-state index contributed by atoms with van der Waals surface area (Å²) in [5.41, 5.74) is 0.863. The summed E-state index contributed by atoms with van der Waals surface area (Å²) in [5.74, 6) is 0.103. The second kappa shape index (κ2) is 5.37. The van der Waals surface area contributed by atoms with Gasteiger partial charge in [-0.25, -0.2) is 8.42 Å². The Morgan fingerprint density at radius 2 is 2.00 bits per heavy atom. The van der Waals surface area contributed by atoms with Crippen LogP contribution >= 0.6 is 23.2 Å². The highest BCUT2D eigenvalue weighted by Gasteiger charge is 2.29. The van der Waals surface area contributed by atoms with Gasteiger partial charge in [0.25, 0.3) is 0 Å². The predicted molar refractivity (Wildman–Crippen MR) is 75.1 cm³/mol. The quantitative estimate of drug-likeness (QED) is 0.868. The van der Waals surface area contributed by atoms with Gasteiger partial charge in [0.1, 0.15) is 0 Å². The highest BCUT2D eigenvalue weighted by Crippen LogP contribution is 2.28. The Morgan fingerprint density at radius 1 is 1.28 bits per heavy atom. The van der Waals surface area contributed by atoms with Gasteiger partial charge in [0.15, 0.2) is 9.84 Å². The molecule has 1 aromatic rings. The van der Waals surface area contributed by atoms with Crippen molar-refractivity contribution in [2.45, 2.75) is 24.6 Å². The number of rotatable bonds is 1. The summed E-state index contributed by atoms with van der Waals surface area (Å²) in [6, 6.07) is 5.03. The van der Waals surface area contributed by atoms with Gasteiger partial charge in [0, 0.05) is 6.04 Å². The zero-order valence-corrected chi connectivity index (χ0v) is 12.3. The number of sulfone groups is 1. The maximum Gasteiger partial charge on any atom is 0.154 e. The van der Waals surface area contributed by atoms with Crippen LogP contribution < -0.4 is 5.32 Å². The summed E-state index contributed by atoms with van der Waals surface area (Å²) in [5, 5.41) is 3.88. The van der Waals surface area contributed by atoms with Crippen molar-refractivity contribution in [1.82, 2.24) is 5.32 Å². The molecule has 0 radical (unpaired) electrons. The molecule has 0 aromatic heterocycles. The molecule has 2 unspecified atom stereocenters. The van der Waals surface area contributed by atoms with Crippen molar-refractivity contribution in [2.24, 2.45) is 0 Å². The summed E-state index contributed by atoms with van der Waals surface area (Å²) in [6.45, 7) is 2.44. The van der Waals surface area contributed by atoms with Crippen molar-refractivity contribution < 1.29 is 8.42 Å². The SMILES string of the molecule is CC1CCNC(c2ccc(Cl)c(Cl)c2)CS1(=O)=O. The maximum atomic E-state index is 12.0. The maximum absolute atomic E-state index is 12.0. The highest BCUT2D eigenvalue weighted by atomic mass is 35.5. The predicted octanol–water partition coefficient (Wildman–Crippen LogP) is 2.83. The average Bonchev–Trinajstić information content (AvgIpc) is 2.43. The highest BCUT2D eigenvalue weighted by molar-refractivity contribution is 7.92. The monoisotopic (exact) mass is 307 g/mol. The Balaban J connectivity index is 2.30. The van der Waals surface area contributed by atoms with Crippen molar-refractivity contribution >= 4 is 33.0 Å². The first-order chi connectivity index (χ1) is 8.40. The lowest BCUT2D eigenvalue weighted by molar-refractivity contribution is 0.572. The van der Waals surface area contributed by atoms with Crippen LogP contribution in [-0.4, -0.2) is 26.0 Å². The lowest BCUT2D eigenvalue weighted by atomic mass is 10.1. The van der Waals surface area contributed by atoms with Crippen molar-refractivity contribution in [3.63, 3.8) is 0 Å². The van der Waals surface area contributed by atoms with Gasteiger partial charge < -0.3 is 5.32 Å². The van der Waals surface area contributed by atoms with E-state index < -0.39 is 9.84 Å². The van der Waals surface area contributed by atoms with E-state index in [-0.39, 0.29) is 17.0 Å². The Labute approximate surface area is 117 Å². The fourth-order valence-corrected chi connectivity index (χ4v) is 3.93. The van der Waals surface area contributed by atoms with Crippen LogP contribution in [0.15, 0.2) is 18.2 Å². The minimum atomic E-state index is -3.06. The van der Waals surface area contributed by atoms with E-state index >= 15 is 0 Å². The normalized spacial score (nSPS) is 27.7. The van der Waals surface area contributed by atoms with Crippen molar-refractivity contribution in [3.8, 4) is 0 Å². The molecule has 1 aliphatic heterocycles. The van der Waals surface area contributed by atoms with Crippen LogP contribution in [0.1, 0.15) is 24.9 Å². The Hall–Kier alpha value is -0.290. The molecule has 100 valence electrons. The molecule has 2 atom stereocenters. The first-order valence-corrected chi connectivity index (χ1v) is 8.27. The average molecular weight is 308 g/mol. The van der Waals surface area contributed by atoms with Crippen LogP contribution in [-0.2, 0) is 9.84 Å². The van der Waals surface area contributed by atoms with Crippen LogP contribution in [0.5, 0.6) is 0 Å². The van der Waals surface area contributed by atoms with Gasteiger partial charge >= 0.3 is 0 Å². The molecule has 1 N–H and O–H groups in total. The lowest BCUT2D eigenvalue weighted by Crippen LogP contribution is -2.26. The van der Waals surface area contributed by atoms with Gasteiger partial charge in [0.2, 0.25) is 0 Å². The van der Waals surface area contributed by atoms with E-state index in [1.165, 1.54) is 0 Å².